The lowest BCUT2D eigenvalue weighted by Crippen LogP contribution is -2.43. The van der Waals surface area contributed by atoms with Crippen molar-refractivity contribution in [2.24, 2.45) is 5.41 Å². The summed E-state index contributed by atoms with van der Waals surface area (Å²) < 4.78 is 0. The van der Waals surface area contributed by atoms with Gasteiger partial charge in [-0.3, -0.25) is 14.5 Å². The summed E-state index contributed by atoms with van der Waals surface area (Å²) in [6, 6.07) is 0. The van der Waals surface area contributed by atoms with Crippen molar-refractivity contribution in [3.63, 3.8) is 0 Å². The minimum Gasteiger partial charge on any atom is -0.282 e. The Bertz CT molecular complexity index is 293. The number of hydrogen-bond acceptors (Lipinski definition) is 3. The normalized spacial score (nSPS) is 25.1. The molecule has 1 heterocycles. The van der Waals surface area contributed by atoms with Crippen molar-refractivity contribution in [2.75, 3.05) is 12.3 Å². The molecule has 0 unspecified atom stereocenters. The zero-order valence-corrected chi connectivity index (χ0v) is 11.2. The Morgan fingerprint density at radius 3 is 2.00 bits per heavy atom. The largest absolute Gasteiger partial charge is 0.282 e. The number of thiol groups is 1. The SMILES string of the molecule is O=C1CCCCC(=O)N1CC1(CS)CCCC1. The summed E-state index contributed by atoms with van der Waals surface area (Å²) in [6.07, 6.45) is 7.40. The number of likely N-dealkylation sites (tertiary alicyclic amines) is 1. The third-order valence-corrected chi connectivity index (χ3v) is 4.80. The highest BCUT2D eigenvalue weighted by Crippen LogP contribution is 2.40. The third kappa shape index (κ3) is 2.84. The lowest BCUT2D eigenvalue weighted by atomic mass is 9.87. The van der Waals surface area contributed by atoms with Gasteiger partial charge in [0.2, 0.25) is 11.8 Å². The number of amides is 2. The van der Waals surface area contributed by atoms with Crippen LogP contribution in [0.1, 0.15) is 51.4 Å². The molecular weight excluding hydrogens is 234 g/mol. The molecule has 0 atom stereocenters. The van der Waals surface area contributed by atoms with Gasteiger partial charge in [0.25, 0.3) is 0 Å². The van der Waals surface area contributed by atoms with Crippen molar-refractivity contribution in [3.8, 4) is 0 Å². The molecule has 0 aromatic rings. The highest BCUT2D eigenvalue weighted by atomic mass is 32.1. The molecule has 1 aliphatic heterocycles. The van der Waals surface area contributed by atoms with Crippen molar-refractivity contribution in [1.82, 2.24) is 4.90 Å². The summed E-state index contributed by atoms with van der Waals surface area (Å²) in [5.41, 5.74) is 0.0960. The van der Waals surface area contributed by atoms with E-state index in [-0.39, 0.29) is 17.2 Å². The van der Waals surface area contributed by atoms with E-state index in [1.54, 1.807) is 0 Å². The van der Waals surface area contributed by atoms with Crippen molar-refractivity contribution in [2.45, 2.75) is 51.4 Å². The molecule has 0 bridgehead atoms. The third-order valence-electron chi connectivity index (χ3n) is 4.13. The lowest BCUT2D eigenvalue weighted by molar-refractivity contribution is -0.145. The van der Waals surface area contributed by atoms with Crippen LogP contribution in [0.25, 0.3) is 0 Å². The Kier molecular flexibility index (Phi) is 4.13. The first-order chi connectivity index (χ1) is 8.17. The molecule has 2 rings (SSSR count). The molecule has 0 aromatic carbocycles. The van der Waals surface area contributed by atoms with Gasteiger partial charge in [0.15, 0.2) is 0 Å². The van der Waals surface area contributed by atoms with Crippen LogP contribution in [0.4, 0.5) is 0 Å². The summed E-state index contributed by atoms with van der Waals surface area (Å²) in [7, 11) is 0. The number of rotatable bonds is 3. The summed E-state index contributed by atoms with van der Waals surface area (Å²) >= 11 is 4.44. The van der Waals surface area contributed by atoms with Gasteiger partial charge in [-0.05, 0) is 36.9 Å². The molecule has 0 radical (unpaired) electrons. The van der Waals surface area contributed by atoms with E-state index in [1.807, 2.05) is 0 Å². The minimum absolute atomic E-state index is 0.0283. The average molecular weight is 255 g/mol. The molecule has 3 nitrogen and oxygen atoms in total. The fourth-order valence-corrected chi connectivity index (χ4v) is 3.38. The molecule has 2 aliphatic rings. The maximum absolute atomic E-state index is 12.0. The predicted molar refractivity (Wildman–Crippen MR) is 69.9 cm³/mol. The van der Waals surface area contributed by atoms with Crippen molar-refractivity contribution in [1.29, 1.82) is 0 Å². The number of carbonyl (C=O) groups excluding carboxylic acids is 2. The molecule has 17 heavy (non-hydrogen) atoms. The van der Waals surface area contributed by atoms with Crippen LogP contribution in [-0.4, -0.2) is 29.0 Å². The first-order valence-electron chi connectivity index (χ1n) is 6.61. The van der Waals surface area contributed by atoms with Gasteiger partial charge in [-0.2, -0.15) is 12.6 Å². The zero-order chi connectivity index (χ0) is 12.3. The summed E-state index contributed by atoms with van der Waals surface area (Å²) in [5.74, 6) is 0.838. The zero-order valence-electron chi connectivity index (χ0n) is 10.3. The second kappa shape index (κ2) is 5.42. The molecule has 0 aromatic heterocycles. The molecule has 2 amide bonds. The first kappa shape index (κ1) is 12.9. The number of carbonyl (C=O) groups is 2. The van der Waals surface area contributed by atoms with Gasteiger partial charge in [-0.1, -0.05) is 12.8 Å². The van der Waals surface area contributed by atoms with E-state index >= 15 is 0 Å². The molecule has 0 spiro atoms. The molecule has 1 saturated carbocycles. The second-order valence-electron chi connectivity index (χ2n) is 5.45. The molecule has 1 saturated heterocycles. The number of nitrogens with zero attached hydrogens (tertiary/aromatic N) is 1. The van der Waals surface area contributed by atoms with Gasteiger partial charge in [0.05, 0.1) is 0 Å². The average Bonchev–Trinajstić information content (AvgIpc) is 2.74. The quantitative estimate of drug-likeness (QED) is 0.621. The van der Waals surface area contributed by atoms with Crippen LogP contribution in [0.5, 0.6) is 0 Å². The topological polar surface area (TPSA) is 37.4 Å². The van der Waals surface area contributed by atoms with Gasteiger partial charge in [-0.15, -0.1) is 0 Å². The molecule has 1 aliphatic carbocycles. The standard InChI is InChI=1S/C13H21NO2S/c15-11-5-1-2-6-12(16)14(11)9-13(10-17)7-3-4-8-13/h17H,1-10H2. The fraction of sp³-hybridized carbons (Fsp3) is 0.846. The molecule has 96 valence electrons. The van der Waals surface area contributed by atoms with Gasteiger partial charge in [-0.25, -0.2) is 0 Å². The van der Waals surface area contributed by atoms with Gasteiger partial charge < -0.3 is 0 Å². The fourth-order valence-electron chi connectivity index (χ4n) is 2.96. The van der Waals surface area contributed by atoms with Crippen molar-refractivity contribution in [3.05, 3.63) is 0 Å². The summed E-state index contributed by atoms with van der Waals surface area (Å²) in [4.78, 5) is 25.4. The maximum atomic E-state index is 12.0. The summed E-state index contributed by atoms with van der Waals surface area (Å²) in [6.45, 7) is 0.605. The van der Waals surface area contributed by atoms with Crippen molar-refractivity contribution < 1.29 is 9.59 Å². The van der Waals surface area contributed by atoms with Crippen LogP contribution in [-0.2, 0) is 9.59 Å². The highest BCUT2D eigenvalue weighted by Gasteiger charge is 2.37. The summed E-state index contributed by atoms with van der Waals surface area (Å²) in [5, 5.41) is 0. The number of hydrogen-bond donors (Lipinski definition) is 1. The van der Waals surface area contributed by atoms with Crippen LogP contribution in [0.15, 0.2) is 0 Å². The predicted octanol–water partition coefficient (Wildman–Crippen LogP) is 2.41. The Morgan fingerprint density at radius 2 is 1.53 bits per heavy atom. The van der Waals surface area contributed by atoms with Gasteiger partial charge >= 0.3 is 0 Å². The van der Waals surface area contributed by atoms with Crippen LogP contribution in [0, 0.1) is 5.41 Å². The molecule has 2 fully saturated rings. The van der Waals surface area contributed by atoms with Crippen LogP contribution < -0.4 is 0 Å². The first-order valence-corrected chi connectivity index (χ1v) is 7.24. The van der Waals surface area contributed by atoms with Crippen LogP contribution in [0.2, 0.25) is 0 Å². The minimum atomic E-state index is 0.0283. The number of imide groups is 1. The maximum Gasteiger partial charge on any atom is 0.229 e. The van der Waals surface area contributed by atoms with E-state index in [0.717, 1.165) is 31.4 Å². The van der Waals surface area contributed by atoms with E-state index in [2.05, 4.69) is 12.6 Å². The van der Waals surface area contributed by atoms with E-state index < -0.39 is 0 Å². The Hall–Kier alpha value is -0.510. The lowest BCUT2D eigenvalue weighted by Gasteiger charge is -2.32. The van der Waals surface area contributed by atoms with E-state index in [0.29, 0.717) is 19.4 Å². The monoisotopic (exact) mass is 255 g/mol. The molecule has 0 N–H and O–H groups in total. The Balaban J connectivity index is 2.08. The highest BCUT2D eigenvalue weighted by molar-refractivity contribution is 7.80. The van der Waals surface area contributed by atoms with Crippen molar-refractivity contribution >= 4 is 24.4 Å². The van der Waals surface area contributed by atoms with Gasteiger partial charge in [0.1, 0.15) is 0 Å². The Labute approximate surface area is 108 Å². The van der Waals surface area contributed by atoms with E-state index in [4.69, 9.17) is 0 Å². The van der Waals surface area contributed by atoms with E-state index in [1.165, 1.54) is 17.7 Å². The smallest absolute Gasteiger partial charge is 0.229 e. The molecule has 4 heteroatoms. The second-order valence-corrected chi connectivity index (χ2v) is 5.76. The van der Waals surface area contributed by atoms with Crippen LogP contribution >= 0.6 is 12.6 Å². The van der Waals surface area contributed by atoms with Gasteiger partial charge in [0, 0.05) is 19.4 Å². The van der Waals surface area contributed by atoms with E-state index in [9.17, 15) is 9.59 Å². The Morgan fingerprint density at radius 1 is 1.00 bits per heavy atom. The van der Waals surface area contributed by atoms with Crippen LogP contribution in [0.3, 0.4) is 0 Å². The molecular formula is C13H21NO2S.